The van der Waals surface area contributed by atoms with Crippen molar-refractivity contribution in [1.82, 2.24) is 5.32 Å². The van der Waals surface area contributed by atoms with Crippen molar-refractivity contribution in [3.05, 3.63) is 29.1 Å². The third-order valence-corrected chi connectivity index (χ3v) is 5.58. The van der Waals surface area contributed by atoms with Crippen LogP contribution < -0.4 is 10.1 Å². The van der Waals surface area contributed by atoms with Crippen LogP contribution in [0, 0.1) is 17.7 Å². The predicted molar refractivity (Wildman–Crippen MR) is 99.6 cm³/mol. The van der Waals surface area contributed by atoms with Gasteiger partial charge < -0.3 is 15.2 Å². The monoisotopic (exact) mass is 377 g/mol. The summed E-state index contributed by atoms with van der Waals surface area (Å²) < 4.78 is 20.5. The topological polar surface area (TPSA) is 75.6 Å². The lowest BCUT2D eigenvalue weighted by molar-refractivity contribution is -0.135. The Hall–Kier alpha value is -2.11. The van der Waals surface area contributed by atoms with Crippen molar-refractivity contribution >= 4 is 11.9 Å². The molecule has 0 radical (unpaired) electrons. The van der Waals surface area contributed by atoms with Gasteiger partial charge in [-0.25, -0.2) is 4.39 Å². The Labute approximate surface area is 159 Å². The fourth-order valence-corrected chi connectivity index (χ4v) is 4.04. The highest BCUT2D eigenvalue weighted by Crippen LogP contribution is 2.45. The van der Waals surface area contributed by atoms with Crippen LogP contribution >= 0.6 is 0 Å². The molecule has 2 saturated carbocycles. The van der Waals surface area contributed by atoms with Gasteiger partial charge in [0.25, 0.3) is 5.91 Å². The minimum Gasteiger partial charge on any atom is -0.493 e. The van der Waals surface area contributed by atoms with E-state index in [1.54, 1.807) is 0 Å². The van der Waals surface area contributed by atoms with Crippen LogP contribution in [0.25, 0.3) is 0 Å². The Balaban J connectivity index is 1.67. The summed E-state index contributed by atoms with van der Waals surface area (Å²) in [5.41, 5.74) is 0.745. The molecule has 0 bridgehead atoms. The summed E-state index contributed by atoms with van der Waals surface area (Å²) in [6.45, 7) is 2.27. The minimum atomic E-state index is -1.16. The Morgan fingerprint density at radius 2 is 1.96 bits per heavy atom. The van der Waals surface area contributed by atoms with E-state index >= 15 is 0 Å². The van der Waals surface area contributed by atoms with Crippen molar-refractivity contribution in [3.63, 3.8) is 0 Å². The molecule has 6 heteroatoms. The molecule has 2 aliphatic carbocycles. The third-order valence-electron chi connectivity index (χ3n) is 5.58. The standard InChI is InChI=1S/C21H28FNO4/c1-2-3-13-4-5-14(8-13)12-27-19-10-18(22)17(9-16(19)15-6-7-15)21(26)23-11-20(24)25/h9-10,13-15H,2-8,11-12H2,1H3,(H,23,26)(H,24,25). The number of carbonyl (C=O) groups is 2. The second-order valence-electron chi connectivity index (χ2n) is 7.87. The van der Waals surface area contributed by atoms with Crippen LogP contribution in [-0.2, 0) is 4.79 Å². The van der Waals surface area contributed by atoms with Crippen LogP contribution in [0.3, 0.4) is 0 Å². The van der Waals surface area contributed by atoms with Crippen LogP contribution in [0.15, 0.2) is 12.1 Å². The average molecular weight is 377 g/mol. The maximum Gasteiger partial charge on any atom is 0.322 e. The minimum absolute atomic E-state index is 0.116. The highest BCUT2D eigenvalue weighted by Gasteiger charge is 2.30. The van der Waals surface area contributed by atoms with Gasteiger partial charge in [0.2, 0.25) is 0 Å². The fraction of sp³-hybridized carbons (Fsp3) is 0.619. The molecule has 2 N–H and O–H groups in total. The quantitative estimate of drug-likeness (QED) is 0.679. The molecule has 3 rings (SSSR count). The molecular weight excluding hydrogens is 349 g/mol. The van der Waals surface area contributed by atoms with Gasteiger partial charge in [0.1, 0.15) is 18.1 Å². The number of halogens is 1. The predicted octanol–water partition coefficient (Wildman–Crippen LogP) is 4.11. The summed E-state index contributed by atoms with van der Waals surface area (Å²) >= 11 is 0. The normalized spacial score (nSPS) is 21.9. The number of nitrogens with one attached hydrogen (secondary N) is 1. The van der Waals surface area contributed by atoms with E-state index in [2.05, 4.69) is 12.2 Å². The average Bonchev–Trinajstić information content (AvgIpc) is 3.38. The summed E-state index contributed by atoms with van der Waals surface area (Å²) in [6, 6.07) is 2.83. The third kappa shape index (κ3) is 5.21. The van der Waals surface area contributed by atoms with Crippen molar-refractivity contribution in [2.45, 2.75) is 57.8 Å². The second-order valence-corrected chi connectivity index (χ2v) is 7.87. The van der Waals surface area contributed by atoms with Crippen LogP contribution in [0.5, 0.6) is 5.75 Å². The molecule has 0 saturated heterocycles. The van der Waals surface area contributed by atoms with Gasteiger partial charge in [0.05, 0.1) is 12.2 Å². The van der Waals surface area contributed by atoms with Gasteiger partial charge >= 0.3 is 5.97 Å². The highest BCUT2D eigenvalue weighted by molar-refractivity contribution is 5.96. The largest absolute Gasteiger partial charge is 0.493 e. The summed E-state index contributed by atoms with van der Waals surface area (Å²) in [4.78, 5) is 22.7. The Kier molecular flexibility index (Phi) is 6.34. The van der Waals surface area contributed by atoms with Gasteiger partial charge in [0.15, 0.2) is 0 Å². The van der Waals surface area contributed by atoms with Crippen LogP contribution in [0.1, 0.15) is 73.7 Å². The first-order chi connectivity index (χ1) is 13.0. The Morgan fingerprint density at radius 3 is 2.63 bits per heavy atom. The summed E-state index contributed by atoms with van der Waals surface area (Å²) in [6.07, 6.45) is 8.04. The molecule has 27 heavy (non-hydrogen) atoms. The van der Waals surface area contributed by atoms with Crippen LogP contribution in [-0.4, -0.2) is 30.1 Å². The molecular formula is C21H28FNO4. The zero-order valence-corrected chi connectivity index (χ0v) is 15.8. The van der Waals surface area contributed by atoms with E-state index in [9.17, 15) is 14.0 Å². The summed E-state index contributed by atoms with van der Waals surface area (Å²) in [5.74, 6) is -0.427. The SMILES string of the molecule is CCCC1CCC(COc2cc(F)c(C(=O)NCC(=O)O)cc2C2CC2)C1. The molecule has 2 fully saturated rings. The van der Waals surface area contributed by atoms with Gasteiger partial charge in [-0.1, -0.05) is 26.2 Å². The number of benzene rings is 1. The molecule has 1 aromatic rings. The molecule has 0 aliphatic heterocycles. The highest BCUT2D eigenvalue weighted by atomic mass is 19.1. The number of amides is 1. The molecule has 5 nitrogen and oxygen atoms in total. The Bertz CT molecular complexity index is 702. The van der Waals surface area contributed by atoms with E-state index in [0.717, 1.165) is 30.7 Å². The first-order valence-electron chi connectivity index (χ1n) is 9.94. The van der Waals surface area contributed by atoms with Gasteiger partial charge in [0, 0.05) is 6.07 Å². The van der Waals surface area contributed by atoms with E-state index < -0.39 is 24.2 Å². The molecule has 1 amide bonds. The van der Waals surface area contributed by atoms with Gasteiger partial charge in [-0.2, -0.15) is 0 Å². The zero-order valence-electron chi connectivity index (χ0n) is 15.8. The number of rotatable bonds is 9. The lowest BCUT2D eigenvalue weighted by atomic mass is 10.0. The van der Waals surface area contributed by atoms with Crippen molar-refractivity contribution < 1.29 is 23.8 Å². The van der Waals surface area contributed by atoms with Gasteiger partial charge in [-0.15, -0.1) is 0 Å². The van der Waals surface area contributed by atoms with E-state index in [-0.39, 0.29) is 5.56 Å². The van der Waals surface area contributed by atoms with E-state index in [1.165, 1.54) is 37.8 Å². The molecule has 0 spiro atoms. The number of ether oxygens (including phenoxy) is 1. The molecule has 2 unspecified atom stereocenters. The first-order valence-corrected chi connectivity index (χ1v) is 9.94. The maximum absolute atomic E-state index is 14.5. The van der Waals surface area contributed by atoms with Crippen LogP contribution in [0.4, 0.5) is 4.39 Å². The number of aliphatic carboxylic acids is 1. The molecule has 2 aliphatic rings. The van der Waals surface area contributed by atoms with Crippen molar-refractivity contribution in [2.75, 3.05) is 13.2 Å². The van der Waals surface area contributed by atoms with E-state index in [1.807, 2.05) is 0 Å². The number of carbonyl (C=O) groups excluding carboxylic acids is 1. The molecule has 0 aromatic heterocycles. The summed E-state index contributed by atoms with van der Waals surface area (Å²) in [7, 11) is 0. The lowest BCUT2D eigenvalue weighted by Crippen LogP contribution is -2.30. The Morgan fingerprint density at radius 1 is 1.22 bits per heavy atom. The van der Waals surface area contributed by atoms with Crippen molar-refractivity contribution in [3.8, 4) is 5.75 Å². The van der Waals surface area contributed by atoms with Crippen molar-refractivity contribution in [1.29, 1.82) is 0 Å². The number of carboxylic acids is 1. The number of carboxylic acid groups (broad SMARTS) is 1. The van der Waals surface area contributed by atoms with Crippen LogP contribution in [0.2, 0.25) is 0 Å². The fourth-order valence-electron chi connectivity index (χ4n) is 4.04. The molecule has 148 valence electrons. The number of hydrogen-bond donors (Lipinski definition) is 2. The van der Waals surface area contributed by atoms with Gasteiger partial charge in [-0.05, 0) is 55.1 Å². The van der Waals surface area contributed by atoms with E-state index in [0.29, 0.717) is 24.2 Å². The first kappa shape index (κ1) is 19.6. The maximum atomic E-state index is 14.5. The van der Waals surface area contributed by atoms with E-state index in [4.69, 9.17) is 9.84 Å². The smallest absolute Gasteiger partial charge is 0.322 e. The molecule has 1 aromatic carbocycles. The molecule has 2 atom stereocenters. The second kappa shape index (κ2) is 8.72. The summed E-state index contributed by atoms with van der Waals surface area (Å²) in [5, 5.41) is 10.9. The zero-order chi connectivity index (χ0) is 19.4. The van der Waals surface area contributed by atoms with Gasteiger partial charge in [-0.3, -0.25) is 9.59 Å². The lowest BCUT2D eigenvalue weighted by Gasteiger charge is -2.17. The molecule has 0 heterocycles. The number of hydrogen-bond acceptors (Lipinski definition) is 3. The van der Waals surface area contributed by atoms with Crippen molar-refractivity contribution in [2.24, 2.45) is 11.8 Å².